The van der Waals surface area contributed by atoms with Crippen molar-refractivity contribution in [2.24, 2.45) is 11.8 Å². The van der Waals surface area contributed by atoms with E-state index in [2.05, 4.69) is 101 Å². The fraction of sp³-hybridized carbons (Fsp3) is 0.822. The topological polar surface area (TPSA) is 73.8 Å². The van der Waals surface area contributed by atoms with Gasteiger partial charge in [-0.15, -0.1) is 0 Å². The van der Waals surface area contributed by atoms with E-state index in [9.17, 15) is 0 Å². The maximum Gasteiger partial charge on any atom is 0.192 e. The predicted molar refractivity (Wildman–Crippen MR) is 237 cm³/mol. The van der Waals surface area contributed by atoms with Gasteiger partial charge in [0.1, 0.15) is 11.9 Å². The SMILES string of the molecule is CC[Si](CC)(CC)OC[C@H](O[Si](CC)(CC)CC)[C@H]1C[C@H](O[Si](C)(C)C(C)(C)C)[C@@H](C)[C@@H](C/C=C/[C@@H]2O[C@@H]3C[C@@H](O[C@@H]3COCc3ccc(OC)cc3)[C@H]2C)O1. The largest absolute Gasteiger partial charge is 0.497 e. The van der Waals surface area contributed by atoms with Crippen molar-refractivity contribution in [3.63, 3.8) is 0 Å². The quantitative estimate of drug-likeness (QED) is 0.0845. The first-order chi connectivity index (χ1) is 26.5. The molecule has 3 heterocycles. The van der Waals surface area contributed by atoms with Gasteiger partial charge in [-0.2, -0.15) is 0 Å². The Labute approximate surface area is 345 Å². The molecule has 56 heavy (non-hydrogen) atoms. The first-order valence-corrected chi connectivity index (χ1v) is 30.3. The van der Waals surface area contributed by atoms with Crippen molar-refractivity contribution in [2.45, 2.75) is 205 Å². The van der Waals surface area contributed by atoms with E-state index in [0.29, 0.717) is 19.8 Å². The van der Waals surface area contributed by atoms with Crippen LogP contribution < -0.4 is 4.74 Å². The molecule has 0 N–H and O–H groups in total. The summed E-state index contributed by atoms with van der Waals surface area (Å²) in [7, 11) is -4.17. The van der Waals surface area contributed by atoms with Gasteiger partial charge in [0.2, 0.25) is 0 Å². The molecule has 3 fully saturated rings. The molecule has 10 atom stereocenters. The lowest BCUT2D eigenvalue weighted by Gasteiger charge is -2.49. The summed E-state index contributed by atoms with van der Waals surface area (Å²) >= 11 is 0. The smallest absolute Gasteiger partial charge is 0.192 e. The van der Waals surface area contributed by atoms with E-state index in [-0.39, 0.29) is 65.7 Å². The molecule has 1 aromatic carbocycles. The van der Waals surface area contributed by atoms with Crippen LogP contribution in [0.25, 0.3) is 0 Å². The van der Waals surface area contributed by atoms with Crippen molar-refractivity contribution in [3.05, 3.63) is 42.0 Å². The summed E-state index contributed by atoms with van der Waals surface area (Å²) in [6.45, 7) is 32.0. The van der Waals surface area contributed by atoms with Crippen molar-refractivity contribution in [3.8, 4) is 5.75 Å². The number of hydrogen-bond acceptors (Lipinski definition) is 8. The molecular weight excluding hydrogens is 753 g/mol. The van der Waals surface area contributed by atoms with Gasteiger partial charge in [0.05, 0.1) is 69.7 Å². The zero-order valence-electron chi connectivity index (χ0n) is 38.0. The lowest BCUT2D eigenvalue weighted by atomic mass is 9.86. The van der Waals surface area contributed by atoms with Crippen LogP contribution in [0.5, 0.6) is 5.75 Å². The Morgan fingerprint density at radius 1 is 0.786 bits per heavy atom. The number of benzene rings is 1. The van der Waals surface area contributed by atoms with E-state index in [4.69, 9.17) is 37.0 Å². The van der Waals surface area contributed by atoms with Crippen LogP contribution in [-0.2, 0) is 38.8 Å². The maximum absolute atomic E-state index is 7.40. The molecule has 3 saturated heterocycles. The molecule has 0 spiro atoms. The molecule has 0 unspecified atom stereocenters. The molecular formula is C45H82O8Si3. The fourth-order valence-electron chi connectivity index (χ4n) is 8.66. The summed E-state index contributed by atoms with van der Waals surface area (Å²) < 4.78 is 53.7. The summed E-state index contributed by atoms with van der Waals surface area (Å²) in [5.74, 6) is 1.34. The summed E-state index contributed by atoms with van der Waals surface area (Å²) in [6, 6.07) is 14.7. The van der Waals surface area contributed by atoms with Gasteiger partial charge in [0, 0.05) is 24.7 Å². The second-order valence-electron chi connectivity index (χ2n) is 18.7. The van der Waals surface area contributed by atoms with Crippen LogP contribution in [-0.4, -0.2) is 94.1 Å². The Hall–Kier alpha value is -0.869. The van der Waals surface area contributed by atoms with Gasteiger partial charge < -0.3 is 37.0 Å². The molecule has 0 aromatic heterocycles. The first kappa shape index (κ1) is 47.8. The van der Waals surface area contributed by atoms with Crippen LogP contribution in [0, 0.1) is 11.8 Å². The van der Waals surface area contributed by atoms with Crippen molar-refractivity contribution in [1.82, 2.24) is 0 Å². The van der Waals surface area contributed by atoms with Crippen LogP contribution in [0.1, 0.15) is 101 Å². The minimum absolute atomic E-state index is 0.00307. The predicted octanol–water partition coefficient (Wildman–Crippen LogP) is 11.3. The second-order valence-corrected chi connectivity index (χ2v) is 32.9. The van der Waals surface area contributed by atoms with E-state index >= 15 is 0 Å². The molecule has 11 heteroatoms. The Kier molecular flexibility index (Phi) is 18.0. The van der Waals surface area contributed by atoms with Crippen molar-refractivity contribution in [1.29, 1.82) is 0 Å². The molecule has 3 aliphatic rings. The summed E-state index contributed by atoms with van der Waals surface area (Å²) in [4.78, 5) is 0. The number of rotatable bonds is 22. The minimum Gasteiger partial charge on any atom is -0.497 e. The first-order valence-electron chi connectivity index (χ1n) is 22.4. The molecule has 3 aliphatic heterocycles. The Morgan fingerprint density at radius 3 is 1.98 bits per heavy atom. The van der Waals surface area contributed by atoms with Gasteiger partial charge in [0.25, 0.3) is 0 Å². The molecule has 1 aromatic rings. The second kappa shape index (κ2) is 21.1. The molecule has 0 radical (unpaired) electrons. The monoisotopic (exact) mass is 835 g/mol. The van der Waals surface area contributed by atoms with E-state index < -0.39 is 25.0 Å². The molecule has 2 bridgehead atoms. The van der Waals surface area contributed by atoms with Crippen LogP contribution >= 0.6 is 0 Å². The molecule has 0 aliphatic carbocycles. The van der Waals surface area contributed by atoms with Crippen LogP contribution in [0.4, 0.5) is 0 Å². The average Bonchev–Trinajstić information content (AvgIpc) is 3.54. The third kappa shape index (κ3) is 11.9. The number of hydrogen-bond donors (Lipinski definition) is 0. The summed E-state index contributed by atoms with van der Waals surface area (Å²) in [6.07, 6.45) is 7.19. The average molecular weight is 835 g/mol. The fourth-order valence-corrected chi connectivity index (χ4v) is 15.6. The van der Waals surface area contributed by atoms with Gasteiger partial charge in [-0.3, -0.25) is 0 Å². The standard InChI is InChI=1S/C45H82O8Si3/c1-15-55(16-2,17-3)48-32-44(53-56(18-4,19-5)20-6)42-29-40(52-54(13,14)45(9,10)11)34(8)38(50-42)23-21-22-37-33(7)39-28-41(49-37)43(51-39)31-47-30-35-24-26-36(46-12)27-25-35/h21-22,24-27,33-34,37-44H,15-20,23,28-32H2,1-14H3/b22-21+/t33-,34-,37-,38+,39+,40-,41+,42+,43+,44-/m0/s1. The van der Waals surface area contributed by atoms with Gasteiger partial charge in [-0.25, -0.2) is 0 Å². The summed E-state index contributed by atoms with van der Waals surface area (Å²) in [5, 5.41) is 0.118. The van der Waals surface area contributed by atoms with Gasteiger partial charge in [0.15, 0.2) is 25.0 Å². The van der Waals surface area contributed by atoms with Crippen molar-refractivity contribution in [2.75, 3.05) is 20.3 Å². The maximum atomic E-state index is 7.40. The highest BCUT2D eigenvalue weighted by molar-refractivity contribution is 6.74. The van der Waals surface area contributed by atoms with Crippen molar-refractivity contribution < 1.29 is 37.0 Å². The highest BCUT2D eigenvalue weighted by Gasteiger charge is 2.49. The Bertz CT molecular complexity index is 1310. The Balaban J connectivity index is 1.50. The van der Waals surface area contributed by atoms with Gasteiger partial charge >= 0.3 is 0 Å². The number of methoxy groups -OCH3 is 1. The van der Waals surface area contributed by atoms with Crippen LogP contribution in [0.15, 0.2) is 36.4 Å². The molecule has 8 nitrogen and oxygen atoms in total. The normalized spacial score (nSPS) is 29.6. The highest BCUT2D eigenvalue weighted by Crippen LogP contribution is 2.43. The molecule has 0 saturated carbocycles. The molecule has 322 valence electrons. The minimum atomic E-state index is -2.06. The molecule has 0 amide bonds. The number of ether oxygens (including phenoxy) is 5. The zero-order chi connectivity index (χ0) is 41.3. The summed E-state index contributed by atoms with van der Waals surface area (Å²) in [5.41, 5.74) is 1.12. The zero-order valence-corrected chi connectivity index (χ0v) is 41.0. The van der Waals surface area contributed by atoms with E-state index in [1.54, 1.807) is 7.11 Å². The molecule has 4 rings (SSSR count). The van der Waals surface area contributed by atoms with Gasteiger partial charge in [-0.1, -0.05) is 100 Å². The Morgan fingerprint density at radius 2 is 1.41 bits per heavy atom. The lowest BCUT2D eigenvalue weighted by Crippen LogP contribution is -2.56. The highest BCUT2D eigenvalue weighted by atomic mass is 28.4. The lowest BCUT2D eigenvalue weighted by molar-refractivity contribution is -0.161. The number of fused-ring (bicyclic) bond motifs is 2. The van der Waals surface area contributed by atoms with E-state index in [1.165, 1.54) is 0 Å². The van der Waals surface area contributed by atoms with E-state index in [0.717, 1.165) is 66.8 Å². The van der Waals surface area contributed by atoms with Crippen LogP contribution in [0.3, 0.4) is 0 Å². The van der Waals surface area contributed by atoms with Crippen molar-refractivity contribution >= 4 is 25.0 Å². The third-order valence-electron chi connectivity index (χ3n) is 14.5. The van der Waals surface area contributed by atoms with E-state index in [1.807, 2.05) is 24.3 Å². The van der Waals surface area contributed by atoms with Crippen LogP contribution in [0.2, 0.25) is 54.4 Å². The van der Waals surface area contributed by atoms with Gasteiger partial charge in [-0.05, 0) is 78.5 Å². The third-order valence-corrected chi connectivity index (χ3v) is 28.4.